The van der Waals surface area contributed by atoms with Gasteiger partial charge in [0, 0.05) is 33.3 Å². The lowest BCUT2D eigenvalue weighted by Gasteiger charge is -2.31. The summed E-state index contributed by atoms with van der Waals surface area (Å²) < 4.78 is 36.1. The van der Waals surface area contributed by atoms with Crippen LogP contribution in [-0.2, 0) is 0 Å². The Balaban J connectivity index is 1.12. The van der Waals surface area contributed by atoms with E-state index in [9.17, 15) is 0 Å². The molecule has 0 aliphatic carbocycles. The highest BCUT2D eigenvalue weighted by Crippen LogP contribution is 2.52. The first-order valence-corrected chi connectivity index (χ1v) is 26.2. The number of hydrogen-bond donors (Lipinski definition) is 0. The number of halogens is 2. The van der Waals surface area contributed by atoms with E-state index in [1.54, 1.807) is 12.1 Å². The molecule has 0 N–H and O–H groups in total. The molecule has 0 radical (unpaired) electrons. The Hall–Kier alpha value is -8.86. The second-order valence-corrected chi connectivity index (χ2v) is 20.8. The summed E-state index contributed by atoms with van der Waals surface area (Å²) in [7, 11) is 0. The fourth-order valence-electron chi connectivity index (χ4n) is 11.2. The van der Waals surface area contributed by atoms with Crippen LogP contribution in [0.1, 0.15) is 44.5 Å². The summed E-state index contributed by atoms with van der Waals surface area (Å²) in [4.78, 5) is 4.21. The van der Waals surface area contributed by atoms with E-state index in [0.29, 0.717) is 11.4 Å². The van der Waals surface area contributed by atoms with E-state index in [1.165, 1.54) is 22.3 Å². The van der Waals surface area contributed by atoms with Crippen LogP contribution in [-0.4, -0.2) is 0 Å². The highest BCUT2D eigenvalue weighted by molar-refractivity contribution is 6.28. The van der Waals surface area contributed by atoms with Gasteiger partial charge in [0.25, 0.3) is 0 Å². The fraction of sp³-hybridized carbons (Fsp3) is 0.111. The molecular weight excluding hydrogens is 931 g/mol. The zero-order valence-electron chi connectivity index (χ0n) is 44.3. The molecule has 0 unspecified atom stereocenters. The average Bonchev–Trinajstić information content (AvgIpc) is 3.62. The predicted octanol–water partition coefficient (Wildman–Crippen LogP) is 20.9. The van der Waals surface area contributed by atoms with Crippen molar-refractivity contribution < 1.29 is 8.78 Å². The molecule has 0 aromatic heterocycles. The van der Waals surface area contributed by atoms with Crippen LogP contribution >= 0.6 is 0 Å². The molecule has 4 heteroatoms. The van der Waals surface area contributed by atoms with Crippen LogP contribution < -0.4 is 9.80 Å². The maximum absolute atomic E-state index is 18.0. The molecule has 0 heterocycles. The third kappa shape index (κ3) is 8.35. The highest BCUT2D eigenvalue weighted by atomic mass is 19.1. The Morgan fingerprint density at radius 2 is 0.605 bits per heavy atom. The summed E-state index contributed by atoms with van der Waals surface area (Å²) in [6, 6.07) is 70.8. The van der Waals surface area contributed by atoms with Gasteiger partial charge in [-0.2, -0.15) is 0 Å². The van der Waals surface area contributed by atoms with Crippen LogP contribution in [0.2, 0.25) is 0 Å². The first kappa shape index (κ1) is 48.1. The average molecular weight is 989 g/mol. The summed E-state index contributed by atoms with van der Waals surface area (Å²) in [6.45, 7) is 16.9. The molecule has 12 aromatic rings. The minimum Gasteiger partial charge on any atom is -0.307 e. The maximum Gasteiger partial charge on any atom is 0.148 e. The van der Waals surface area contributed by atoms with Gasteiger partial charge in [-0.15, -0.1) is 0 Å². The van der Waals surface area contributed by atoms with Gasteiger partial charge in [0.15, 0.2) is 0 Å². The van der Waals surface area contributed by atoms with Crippen LogP contribution in [0.4, 0.5) is 42.9 Å². The van der Waals surface area contributed by atoms with E-state index in [1.807, 2.05) is 36.4 Å². The van der Waals surface area contributed by atoms with Crippen molar-refractivity contribution in [3.8, 4) is 44.5 Å². The molecule has 12 aromatic carbocycles. The van der Waals surface area contributed by atoms with E-state index in [-0.39, 0.29) is 11.6 Å². The number of hydrogen-bond acceptors (Lipinski definition) is 2. The summed E-state index contributed by atoms with van der Waals surface area (Å²) in [5.74, 6) is -0.658. The topological polar surface area (TPSA) is 6.48 Å². The highest BCUT2D eigenvalue weighted by Gasteiger charge is 2.28. The number of anilines is 6. The molecule has 0 spiro atoms. The summed E-state index contributed by atoms with van der Waals surface area (Å²) in [5.41, 5.74) is 20.6. The van der Waals surface area contributed by atoms with Gasteiger partial charge in [0.2, 0.25) is 0 Å². The monoisotopic (exact) mass is 988 g/mol. The number of benzene rings is 12. The van der Waals surface area contributed by atoms with Crippen molar-refractivity contribution in [3.63, 3.8) is 0 Å². The second kappa shape index (κ2) is 19.1. The molecule has 0 atom stereocenters. The predicted molar refractivity (Wildman–Crippen MR) is 319 cm³/mol. The smallest absolute Gasteiger partial charge is 0.148 e. The zero-order chi connectivity index (χ0) is 52.5. The molecule has 0 saturated carbocycles. The summed E-state index contributed by atoms with van der Waals surface area (Å²) in [6.07, 6.45) is 0. The molecule has 0 fully saturated rings. The Kier molecular flexibility index (Phi) is 12.1. The van der Waals surface area contributed by atoms with E-state index < -0.39 is 0 Å². The number of para-hydroxylation sites is 2. The van der Waals surface area contributed by atoms with Crippen LogP contribution in [0.15, 0.2) is 206 Å². The van der Waals surface area contributed by atoms with Crippen molar-refractivity contribution in [1.82, 2.24) is 0 Å². The lowest BCUT2D eigenvalue weighted by Crippen LogP contribution is -2.14. The van der Waals surface area contributed by atoms with Crippen molar-refractivity contribution in [2.24, 2.45) is 0 Å². The summed E-state index contributed by atoms with van der Waals surface area (Å²) in [5, 5.41) is 6.12. The number of rotatable bonds is 10. The second-order valence-electron chi connectivity index (χ2n) is 20.8. The summed E-state index contributed by atoms with van der Waals surface area (Å²) >= 11 is 0. The van der Waals surface area contributed by atoms with Gasteiger partial charge in [-0.1, -0.05) is 146 Å². The van der Waals surface area contributed by atoms with Gasteiger partial charge in [0.1, 0.15) is 11.6 Å². The Morgan fingerprint density at radius 3 is 0.961 bits per heavy atom. The van der Waals surface area contributed by atoms with Crippen molar-refractivity contribution in [3.05, 3.63) is 262 Å². The molecule has 76 heavy (non-hydrogen) atoms. The van der Waals surface area contributed by atoms with Crippen LogP contribution in [0, 0.1) is 67.0 Å². The molecule has 12 rings (SSSR count). The zero-order valence-corrected chi connectivity index (χ0v) is 44.3. The normalized spacial score (nSPS) is 11.6. The third-order valence-electron chi connectivity index (χ3n) is 16.0. The molecular formula is C72H58F2N2. The number of nitrogens with zero attached hydrogens (tertiary/aromatic N) is 2. The first-order valence-electron chi connectivity index (χ1n) is 26.2. The largest absolute Gasteiger partial charge is 0.307 e. The lowest BCUT2D eigenvalue weighted by atomic mass is 9.90. The van der Waals surface area contributed by atoms with Gasteiger partial charge >= 0.3 is 0 Å². The van der Waals surface area contributed by atoms with Gasteiger partial charge in [0.05, 0.1) is 22.7 Å². The first-order chi connectivity index (χ1) is 36.8. The van der Waals surface area contributed by atoms with Crippen molar-refractivity contribution in [2.45, 2.75) is 55.4 Å². The Morgan fingerprint density at radius 1 is 0.276 bits per heavy atom. The molecule has 0 aliphatic heterocycles. The van der Waals surface area contributed by atoms with Crippen molar-refractivity contribution >= 4 is 66.4 Å². The van der Waals surface area contributed by atoms with Crippen LogP contribution in [0.5, 0.6) is 0 Å². The van der Waals surface area contributed by atoms with Crippen LogP contribution in [0.25, 0.3) is 76.8 Å². The van der Waals surface area contributed by atoms with E-state index in [2.05, 4.69) is 223 Å². The van der Waals surface area contributed by atoms with Gasteiger partial charge in [-0.25, -0.2) is 8.78 Å². The minimum atomic E-state index is -0.329. The fourth-order valence-corrected chi connectivity index (χ4v) is 11.2. The Bertz CT molecular complexity index is 3960. The van der Waals surface area contributed by atoms with Crippen LogP contribution in [0.3, 0.4) is 0 Å². The molecule has 0 amide bonds. The third-order valence-corrected chi connectivity index (χ3v) is 16.0. The van der Waals surface area contributed by atoms with Gasteiger partial charge < -0.3 is 9.80 Å². The SMILES string of the molecule is Cc1ccc(-c2cc(F)c(N(c3ccccc3)c3ccc4ccc5c(N(c6ccccc6)c6c(F)cc(-c7ccc(C)c(C)c7)cc6-c6ccc(C)c(C)c6)ccc6ccc3c4c65)c(-c3ccc(C)c(C)c3)c2)cc1C. The van der Waals surface area contributed by atoms with Gasteiger partial charge in [-0.3, -0.25) is 0 Å². The molecule has 0 bridgehead atoms. The minimum absolute atomic E-state index is 0.329. The van der Waals surface area contributed by atoms with Crippen molar-refractivity contribution in [2.75, 3.05) is 9.80 Å². The van der Waals surface area contributed by atoms with Gasteiger partial charge in [-0.05, 0) is 215 Å². The van der Waals surface area contributed by atoms with E-state index in [4.69, 9.17) is 0 Å². The Labute approximate surface area is 445 Å². The molecule has 370 valence electrons. The lowest BCUT2D eigenvalue weighted by molar-refractivity contribution is 0.629. The van der Waals surface area contributed by atoms with Crippen molar-refractivity contribution in [1.29, 1.82) is 0 Å². The molecule has 0 saturated heterocycles. The number of aryl methyl sites for hydroxylation is 8. The van der Waals surface area contributed by atoms with E-state index >= 15 is 8.78 Å². The maximum atomic E-state index is 18.0. The molecule has 0 aliphatic rings. The molecule has 2 nitrogen and oxygen atoms in total. The standard InChI is InChI=1S/C72H58F2N2/c1-43-19-23-53(35-47(43)5)57-39-63(55-25-21-45(3)49(7)37-55)71(65(73)41-57)75(59-15-11-9-12-16-59)67-33-29-51-28-32-62-68(34-30-52-27-31-61(67)69(51)70(52)62)76(60-17-13-10-14-18-60)72-64(56-26-22-46(4)50(8)38-56)40-58(42-66(72)74)54-24-20-44(2)48(6)36-54/h9-42H,1-8H3. The van der Waals surface area contributed by atoms with E-state index in [0.717, 1.165) is 122 Å². The quantitative estimate of drug-likeness (QED) is 0.126.